The summed E-state index contributed by atoms with van der Waals surface area (Å²) in [7, 11) is 0. The zero-order chi connectivity index (χ0) is 10.6. The summed E-state index contributed by atoms with van der Waals surface area (Å²) < 4.78 is 11.4. The van der Waals surface area contributed by atoms with Gasteiger partial charge in [0, 0.05) is 25.9 Å². The van der Waals surface area contributed by atoms with Crippen LogP contribution in [0.25, 0.3) is 0 Å². The maximum atomic E-state index is 5.69. The Hall–Kier alpha value is -0.380. The number of piperidine rings is 1. The molecule has 2 fully saturated rings. The van der Waals surface area contributed by atoms with Crippen molar-refractivity contribution in [1.29, 1.82) is 0 Å². The standard InChI is InChI=1S/C12H21NO2/c1-2-3-4-7-13-8-5-12(6-9-13)14-10-11-15-12/h2H,1,3-11H2. The van der Waals surface area contributed by atoms with Gasteiger partial charge in [0.15, 0.2) is 5.79 Å². The van der Waals surface area contributed by atoms with Gasteiger partial charge in [-0.25, -0.2) is 0 Å². The second-order valence-electron chi connectivity index (χ2n) is 4.38. The normalized spacial score (nSPS) is 25.9. The van der Waals surface area contributed by atoms with E-state index in [9.17, 15) is 0 Å². The summed E-state index contributed by atoms with van der Waals surface area (Å²) in [5.74, 6) is -0.213. The summed E-state index contributed by atoms with van der Waals surface area (Å²) in [4.78, 5) is 2.50. The molecule has 2 aliphatic rings. The Morgan fingerprint density at radius 2 is 1.87 bits per heavy atom. The summed E-state index contributed by atoms with van der Waals surface area (Å²) in [6.07, 6.45) is 6.39. The number of hydrogen-bond acceptors (Lipinski definition) is 3. The van der Waals surface area contributed by atoms with E-state index >= 15 is 0 Å². The first kappa shape index (κ1) is 11.1. The van der Waals surface area contributed by atoms with Crippen LogP contribution in [-0.2, 0) is 9.47 Å². The Kier molecular flexibility index (Phi) is 3.78. The molecule has 2 aliphatic heterocycles. The smallest absolute Gasteiger partial charge is 0.170 e. The highest BCUT2D eigenvalue weighted by Gasteiger charge is 2.39. The minimum atomic E-state index is -0.213. The van der Waals surface area contributed by atoms with E-state index in [0.29, 0.717) is 0 Å². The van der Waals surface area contributed by atoms with Crippen LogP contribution in [0.5, 0.6) is 0 Å². The Morgan fingerprint density at radius 3 is 2.47 bits per heavy atom. The van der Waals surface area contributed by atoms with Crippen LogP contribution in [0.2, 0.25) is 0 Å². The van der Waals surface area contributed by atoms with Crippen molar-refractivity contribution < 1.29 is 9.47 Å². The number of nitrogens with zero attached hydrogens (tertiary/aromatic N) is 1. The monoisotopic (exact) mass is 211 g/mol. The van der Waals surface area contributed by atoms with Gasteiger partial charge in [0.25, 0.3) is 0 Å². The van der Waals surface area contributed by atoms with Crippen molar-refractivity contribution in [2.75, 3.05) is 32.8 Å². The lowest BCUT2D eigenvalue weighted by Gasteiger charge is -2.37. The summed E-state index contributed by atoms with van der Waals surface area (Å²) in [5.41, 5.74) is 0. The van der Waals surface area contributed by atoms with Gasteiger partial charge in [-0.1, -0.05) is 6.08 Å². The van der Waals surface area contributed by atoms with Crippen LogP contribution >= 0.6 is 0 Å². The molecule has 0 amide bonds. The number of allylic oxidation sites excluding steroid dienone is 1. The second kappa shape index (κ2) is 5.10. The first-order valence-corrected chi connectivity index (χ1v) is 5.96. The molecule has 0 aromatic heterocycles. The van der Waals surface area contributed by atoms with Gasteiger partial charge in [-0.2, -0.15) is 0 Å². The van der Waals surface area contributed by atoms with Crippen molar-refractivity contribution in [3.8, 4) is 0 Å². The molecule has 0 saturated carbocycles. The largest absolute Gasteiger partial charge is 0.347 e. The quantitative estimate of drug-likeness (QED) is 0.523. The topological polar surface area (TPSA) is 21.7 Å². The third kappa shape index (κ3) is 2.80. The Morgan fingerprint density at radius 1 is 1.20 bits per heavy atom. The Bertz CT molecular complexity index is 202. The van der Waals surface area contributed by atoms with E-state index in [1.807, 2.05) is 6.08 Å². The molecule has 3 heteroatoms. The van der Waals surface area contributed by atoms with Gasteiger partial charge in [0.1, 0.15) is 0 Å². The van der Waals surface area contributed by atoms with Crippen LogP contribution in [0.15, 0.2) is 12.7 Å². The Balaban J connectivity index is 1.69. The zero-order valence-electron chi connectivity index (χ0n) is 9.41. The molecule has 0 bridgehead atoms. The number of rotatable bonds is 4. The zero-order valence-corrected chi connectivity index (χ0v) is 9.41. The molecular weight excluding hydrogens is 190 g/mol. The fraction of sp³-hybridized carbons (Fsp3) is 0.833. The van der Waals surface area contributed by atoms with Crippen molar-refractivity contribution in [3.05, 3.63) is 12.7 Å². The highest BCUT2D eigenvalue weighted by atomic mass is 16.7. The van der Waals surface area contributed by atoms with Crippen molar-refractivity contribution in [3.63, 3.8) is 0 Å². The average molecular weight is 211 g/mol. The first-order chi connectivity index (χ1) is 7.35. The number of unbranched alkanes of at least 4 members (excludes halogenated alkanes) is 1. The van der Waals surface area contributed by atoms with Gasteiger partial charge >= 0.3 is 0 Å². The molecule has 0 radical (unpaired) electrons. The Labute approximate surface area is 92.0 Å². The molecule has 1 spiro atoms. The fourth-order valence-electron chi connectivity index (χ4n) is 2.36. The predicted molar refractivity (Wildman–Crippen MR) is 59.7 cm³/mol. The highest BCUT2D eigenvalue weighted by Crippen LogP contribution is 2.31. The number of likely N-dealkylation sites (tertiary alicyclic amines) is 1. The van der Waals surface area contributed by atoms with Gasteiger partial charge in [-0.05, 0) is 19.4 Å². The minimum absolute atomic E-state index is 0.213. The first-order valence-electron chi connectivity index (χ1n) is 5.96. The van der Waals surface area contributed by atoms with Crippen LogP contribution in [0.1, 0.15) is 25.7 Å². The third-order valence-electron chi connectivity index (χ3n) is 3.31. The van der Waals surface area contributed by atoms with Crippen LogP contribution < -0.4 is 0 Å². The van der Waals surface area contributed by atoms with Crippen molar-refractivity contribution in [2.45, 2.75) is 31.5 Å². The molecule has 2 rings (SSSR count). The average Bonchev–Trinajstić information content (AvgIpc) is 2.71. The van der Waals surface area contributed by atoms with E-state index in [1.54, 1.807) is 0 Å². The molecule has 0 unspecified atom stereocenters. The van der Waals surface area contributed by atoms with Gasteiger partial charge in [-0.3, -0.25) is 0 Å². The minimum Gasteiger partial charge on any atom is -0.347 e. The molecule has 0 aliphatic carbocycles. The summed E-state index contributed by atoms with van der Waals surface area (Å²) >= 11 is 0. The predicted octanol–water partition coefficient (Wildman–Crippen LogP) is 1.79. The van der Waals surface area contributed by atoms with Gasteiger partial charge in [-0.15, -0.1) is 6.58 Å². The maximum absolute atomic E-state index is 5.69. The molecule has 0 N–H and O–H groups in total. The summed E-state index contributed by atoms with van der Waals surface area (Å²) in [6, 6.07) is 0. The third-order valence-corrected chi connectivity index (χ3v) is 3.31. The molecule has 0 aromatic rings. The van der Waals surface area contributed by atoms with E-state index in [4.69, 9.17) is 9.47 Å². The fourth-order valence-corrected chi connectivity index (χ4v) is 2.36. The molecule has 2 heterocycles. The summed E-state index contributed by atoms with van der Waals surface area (Å²) in [5, 5.41) is 0. The molecule has 15 heavy (non-hydrogen) atoms. The van der Waals surface area contributed by atoms with Crippen molar-refractivity contribution in [1.82, 2.24) is 4.90 Å². The van der Waals surface area contributed by atoms with E-state index in [2.05, 4.69) is 11.5 Å². The SMILES string of the molecule is C=CCCCN1CCC2(CC1)OCCO2. The number of ether oxygens (including phenoxy) is 2. The highest BCUT2D eigenvalue weighted by molar-refractivity contribution is 4.82. The molecule has 0 aromatic carbocycles. The van der Waals surface area contributed by atoms with Gasteiger partial charge in [0.05, 0.1) is 13.2 Å². The molecule has 3 nitrogen and oxygen atoms in total. The lowest BCUT2D eigenvalue weighted by molar-refractivity contribution is -0.185. The second-order valence-corrected chi connectivity index (χ2v) is 4.38. The van der Waals surface area contributed by atoms with E-state index in [-0.39, 0.29) is 5.79 Å². The van der Waals surface area contributed by atoms with Crippen molar-refractivity contribution in [2.24, 2.45) is 0 Å². The van der Waals surface area contributed by atoms with E-state index in [0.717, 1.165) is 45.6 Å². The van der Waals surface area contributed by atoms with Gasteiger partial charge < -0.3 is 14.4 Å². The lowest BCUT2D eigenvalue weighted by atomic mass is 10.0. The van der Waals surface area contributed by atoms with E-state index in [1.165, 1.54) is 13.0 Å². The van der Waals surface area contributed by atoms with Crippen molar-refractivity contribution >= 4 is 0 Å². The van der Waals surface area contributed by atoms with Gasteiger partial charge in [0.2, 0.25) is 0 Å². The molecule has 0 atom stereocenters. The van der Waals surface area contributed by atoms with Crippen LogP contribution in [0.3, 0.4) is 0 Å². The van der Waals surface area contributed by atoms with Crippen LogP contribution in [0.4, 0.5) is 0 Å². The number of hydrogen-bond donors (Lipinski definition) is 0. The van der Waals surface area contributed by atoms with Crippen LogP contribution in [0, 0.1) is 0 Å². The maximum Gasteiger partial charge on any atom is 0.170 e. The molecule has 2 saturated heterocycles. The molecular formula is C12H21NO2. The summed E-state index contributed by atoms with van der Waals surface area (Å²) in [6.45, 7) is 8.69. The van der Waals surface area contributed by atoms with Crippen LogP contribution in [-0.4, -0.2) is 43.5 Å². The van der Waals surface area contributed by atoms with E-state index < -0.39 is 0 Å². The molecule has 86 valence electrons. The lowest BCUT2D eigenvalue weighted by Crippen LogP contribution is -2.45.